The van der Waals surface area contributed by atoms with Crippen LogP contribution in [0.1, 0.15) is 65.2 Å². The summed E-state index contributed by atoms with van der Waals surface area (Å²) in [6, 6.07) is 0.827. The molecule has 19 heavy (non-hydrogen) atoms. The molecule has 0 aromatic carbocycles. The smallest absolute Gasteiger partial charge is 0.220 e. The number of nitrogens with two attached hydrogens (primary N) is 1. The minimum atomic E-state index is 0.265. The Morgan fingerprint density at radius 3 is 2.37 bits per heavy atom. The Labute approximate surface area is 117 Å². The van der Waals surface area contributed by atoms with E-state index >= 15 is 0 Å². The first-order chi connectivity index (χ1) is 9.06. The third-order valence-electron chi connectivity index (χ3n) is 5.48. The van der Waals surface area contributed by atoms with Crippen LogP contribution in [0.3, 0.4) is 0 Å². The van der Waals surface area contributed by atoms with Crippen molar-refractivity contribution in [2.24, 2.45) is 23.5 Å². The molecule has 2 aliphatic rings. The van der Waals surface area contributed by atoms with Gasteiger partial charge in [-0.2, -0.15) is 0 Å². The van der Waals surface area contributed by atoms with Crippen molar-refractivity contribution in [3.63, 3.8) is 0 Å². The zero-order valence-corrected chi connectivity index (χ0v) is 12.5. The molecule has 2 fully saturated rings. The van der Waals surface area contributed by atoms with Gasteiger partial charge in [-0.25, -0.2) is 0 Å². The van der Waals surface area contributed by atoms with Gasteiger partial charge in [0.2, 0.25) is 5.91 Å². The zero-order chi connectivity index (χ0) is 13.8. The van der Waals surface area contributed by atoms with E-state index in [-0.39, 0.29) is 5.91 Å². The van der Waals surface area contributed by atoms with Gasteiger partial charge in [0.25, 0.3) is 0 Å². The van der Waals surface area contributed by atoms with E-state index in [9.17, 15) is 4.79 Å². The van der Waals surface area contributed by atoms with Crippen LogP contribution in [0.15, 0.2) is 0 Å². The second-order valence-electron chi connectivity index (χ2n) is 6.91. The van der Waals surface area contributed by atoms with Gasteiger partial charge < -0.3 is 11.1 Å². The van der Waals surface area contributed by atoms with Crippen LogP contribution in [0.25, 0.3) is 0 Å². The maximum absolute atomic E-state index is 12.0. The quantitative estimate of drug-likeness (QED) is 0.822. The van der Waals surface area contributed by atoms with Crippen LogP contribution in [-0.2, 0) is 4.79 Å². The summed E-state index contributed by atoms with van der Waals surface area (Å²) in [7, 11) is 0. The number of hydrogen-bond donors (Lipinski definition) is 2. The molecule has 0 heterocycles. The molecule has 0 radical (unpaired) electrons. The maximum Gasteiger partial charge on any atom is 0.220 e. The number of carbonyl (C=O) groups is 1. The molecule has 0 aliphatic heterocycles. The highest BCUT2D eigenvalue weighted by atomic mass is 16.1. The summed E-state index contributed by atoms with van der Waals surface area (Å²) in [5.74, 6) is 2.38. The highest BCUT2D eigenvalue weighted by molar-refractivity contribution is 5.76. The summed E-state index contributed by atoms with van der Waals surface area (Å²) in [5.41, 5.74) is 5.91. The van der Waals surface area contributed by atoms with Crippen LogP contribution in [0.5, 0.6) is 0 Å². The van der Waals surface area contributed by atoms with Crippen LogP contribution < -0.4 is 11.1 Å². The summed E-state index contributed by atoms with van der Waals surface area (Å²) in [4.78, 5) is 12.0. The highest BCUT2D eigenvalue weighted by Gasteiger charge is 2.30. The molecule has 3 heteroatoms. The summed E-state index contributed by atoms with van der Waals surface area (Å²) < 4.78 is 0. The molecule has 2 saturated carbocycles. The van der Waals surface area contributed by atoms with Gasteiger partial charge in [-0.3, -0.25) is 4.79 Å². The molecule has 2 rings (SSSR count). The van der Waals surface area contributed by atoms with Crippen molar-refractivity contribution < 1.29 is 4.79 Å². The lowest BCUT2D eigenvalue weighted by atomic mass is 9.84. The van der Waals surface area contributed by atoms with Gasteiger partial charge in [-0.05, 0) is 62.7 Å². The van der Waals surface area contributed by atoms with Gasteiger partial charge in [0.1, 0.15) is 0 Å². The Balaban J connectivity index is 1.65. The second kappa shape index (κ2) is 6.74. The van der Waals surface area contributed by atoms with Crippen molar-refractivity contribution in [3.05, 3.63) is 0 Å². The van der Waals surface area contributed by atoms with Crippen molar-refractivity contribution in [1.82, 2.24) is 5.32 Å². The van der Waals surface area contributed by atoms with Crippen molar-refractivity contribution in [3.8, 4) is 0 Å². The molecular formula is C16H30N2O. The number of rotatable bonds is 4. The Hall–Kier alpha value is -0.570. The average molecular weight is 266 g/mol. The molecule has 3 unspecified atom stereocenters. The van der Waals surface area contributed by atoms with Crippen LogP contribution in [0.4, 0.5) is 0 Å². The van der Waals surface area contributed by atoms with E-state index in [1.54, 1.807) is 0 Å². The molecule has 0 aromatic heterocycles. The molecule has 3 N–H and O–H groups in total. The predicted molar refractivity (Wildman–Crippen MR) is 78.7 cm³/mol. The van der Waals surface area contributed by atoms with Gasteiger partial charge >= 0.3 is 0 Å². The van der Waals surface area contributed by atoms with Crippen LogP contribution >= 0.6 is 0 Å². The predicted octanol–water partition coefficient (Wildman–Crippen LogP) is 2.83. The molecule has 0 saturated heterocycles. The molecule has 110 valence electrons. The fraction of sp³-hybridized carbons (Fsp3) is 0.938. The van der Waals surface area contributed by atoms with Gasteiger partial charge in [0.05, 0.1) is 0 Å². The van der Waals surface area contributed by atoms with Gasteiger partial charge in [0.15, 0.2) is 0 Å². The van der Waals surface area contributed by atoms with E-state index in [0.717, 1.165) is 37.5 Å². The normalized spacial score (nSPS) is 39.2. The zero-order valence-electron chi connectivity index (χ0n) is 12.5. The Morgan fingerprint density at radius 1 is 1.11 bits per heavy atom. The average Bonchev–Trinajstić information content (AvgIpc) is 2.70. The maximum atomic E-state index is 12.0. The summed E-state index contributed by atoms with van der Waals surface area (Å²) in [6.07, 6.45) is 8.88. The van der Waals surface area contributed by atoms with Crippen LogP contribution in [-0.4, -0.2) is 18.0 Å². The van der Waals surface area contributed by atoms with Gasteiger partial charge in [0, 0.05) is 18.5 Å². The topological polar surface area (TPSA) is 55.1 Å². The largest absolute Gasteiger partial charge is 0.353 e. The Kier molecular flexibility index (Phi) is 5.26. The van der Waals surface area contributed by atoms with Crippen molar-refractivity contribution in [1.29, 1.82) is 0 Å². The second-order valence-corrected chi connectivity index (χ2v) is 6.91. The molecule has 0 aromatic rings. The number of amides is 1. The van der Waals surface area contributed by atoms with Gasteiger partial charge in [-0.15, -0.1) is 0 Å². The first-order valence-electron chi connectivity index (χ1n) is 8.11. The monoisotopic (exact) mass is 266 g/mol. The van der Waals surface area contributed by atoms with E-state index in [1.807, 2.05) is 0 Å². The molecule has 3 atom stereocenters. The van der Waals surface area contributed by atoms with E-state index in [0.29, 0.717) is 24.4 Å². The molecule has 3 nitrogen and oxygen atoms in total. The summed E-state index contributed by atoms with van der Waals surface area (Å²) >= 11 is 0. The van der Waals surface area contributed by atoms with Crippen molar-refractivity contribution in [2.75, 3.05) is 0 Å². The minimum absolute atomic E-state index is 0.265. The first-order valence-corrected chi connectivity index (χ1v) is 8.11. The number of carbonyl (C=O) groups excluding carboxylic acids is 1. The van der Waals surface area contributed by atoms with Crippen molar-refractivity contribution in [2.45, 2.75) is 77.3 Å². The van der Waals surface area contributed by atoms with Crippen LogP contribution in [0, 0.1) is 17.8 Å². The molecule has 0 bridgehead atoms. The molecular weight excluding hydrogens is 236 g/mol. The lowest BCUT2D eigenvalue weighted by molar-refractivity contribution is -0.122. The van der Waals surface area contributed by atoms with E-state index in [2.05, 4.69) is 19.2 Å². The Bertz CT molecular complexity index is 297. The highest BCUT2D eigenvalue weighted by Crippen LogP contribution is 2.31. The first kappa shape index (κ1) is 14.8. The lowest BCUT2D eigenvalue weighted by Gasteiger charge is -2.26. The summed E-state index contributed by atoms with van der Waals surface area (Å²) in [5, 5.41) is 3.24. The third-order valence-corrected chi connectivity index (χ3v) is 5.48. The van der Waals surface area contributed by atoms with Gasteiger partial charge in [-0.1, -0.05) is 13.8 Å². The molecule has 2 aliphatic carbocycles. The lowest BCUT2D eigenvalue weighted by Crippen LogP contribution is -2.37. The minimum Gasteiger partial charge on any atom is -0.353 e. The fourth-order valence-corrected chi connectivity index (χ4v) is 3.66. The standard InChI is InChI=1S/C16H30N2O/c1-11-3-9-15(12(11)2)18-16(19)10-6-13-4-7-14(17)8-5-13/h11-15H,3-10,17H2,1-2H3,(H,18,19). The van der Waals surface area contributed by atoms with Crippen molar-refractivity contribution >= 4 is 5.91 Å². The number of hydrogen-bond acceptors (Lipinski definition) is 2. The van der Waals surface area contributed by atoms with E-state index in [4.69, 9.17) is 5.73 Å². The number of nitrogens with one attached hydrogen (secondary N) is 1. The Morgan fingerprint density at radius 2 is 1.79 bits per heavy atom. The van der Waals surface area contributed by atoms with E-state index in [1.165, 1.54) is 19.3 Å². The summed E-state index contributed by atoms with van der Waals surface area (Å²) in [6.45, 7) is 4.56. The molecule has 0 spiro atoms. The van der Waals surface area contributed by atoms with Crippen LogP contribution in [0.2, 0.25) is 0 Å². The third kappa shape index (κ3) is 4.20. The molecule has 1 amide bonds. The fourth-order valence-electron chi connectivity index (χ4n) is 3.66. The van der Waals surface area contributed by atoms with E-state index < -0.39 is 0 Å². The SMILES string of the molecule is CC1CCC(NC(=O)CCC2CCC(N)CC2)C1C.